The van der Waals surface area contributed by atoms with Crippen LogP contribution < -0.4 is 5.73 Å². The molecule has 106 valence electrons. The van der Waals surface area contributed by atoms with Crippen LogP contribution in [0.15, 0.2) is 33.4 Å². The summed E-state index contributed by atoms with van der Waals surface area (Å²) in [5, 5.41) is 0. The molecule has 0 unspecified atom stereocenters. The third kappa shape index (κ3) is 2.88. The Hall–Kier alpha value is -1.75. The lowest BCUT2D eigenvalue weighted by Gasteiger charge is -2.19. The van der Waals surface area contributed by atoms with Crippen LogP contribution in [-0.2, 0) is 6.54 Å². The van der Waals surface area contributed by atoms with E-state index in [1.54, 1.807) is 30.3 Å². The van der Waals surface area contributed by atoms with E-state index >= 15 is 0 Å². The van der Waals surface area contributed by atoms with Gasteiger partial charge < -0.3 is 15.1 Å². The Bertz CT molecular complexity index is 649. The zero-order valence-electron chi connectivity index (χ0n) is 11.7. The summed E-state index contributed by atoms with van der Waals surface area (Å²) in [5.74, 6) is 0.770. The molecule has 4 nitrogen and oxygen atoms in total. The van der Waals surface area contributed by atoms with Crippen LogP contribution in [0, 0.1) is 13.8 Å². The van der Waals surface area contributed by atoms with Gasteiger partial charge in [0, 0.05) is 34.9 Å². The van der Waals surface area contributed by atoms with Gasteiger partial charge in [-0.25, -0.2) is 0 Å². The van der Waals surface area contributed by atoms with Crippen LogP contribution in [0.25, 0.3) is 0 Å². The van der Waals surface area contributed by atoms with Crippen molar-refractivity contribution in [2.45, 2.75) is 20.4 Å². The van der Waals surface area contributed by atoms with Gasteiger partial charge in [-0.2, -0.15) is 0 Å². The topological polar surface area (TPSA) is 59.5 Å². The van der Waals surface area contributed by atoms with Crippen molar-refractivity contribution < 1.29 is 9.21 Å². The number of anilines is 1. The molecule has 1 aromatic heterocycles. The molecule has 0 aliphatic rings. The summed E-state index contributed by atoms with van der Waals surface area (Å²) in [6.45, 7) is 4.25. The molecule has 0 saturated heterocycles. The number of hydrogen-bond donors (Lipinski definition) is 1. The lowest BCUT2D eigenvalue weighted by molar-refractivity contribution is 0.0784. The third-order valence-corrected chi connectivity index (χ3v) is 3.82. The van der Waals surface area contributed by atoms with Crippen LogP contribution >= 0.6 is 15.9 Å². The molecule has 0 atom stereocenters. The molecule has 1 amide bonds. The lowest BCUT2D eigenvalue weighted by atomic mass is 10.1. The Morgan fingerprint density at radius 3 is 2.70 bits per heavy atom. The molecule has 0 aliphatic carbocycles. The Morgan fingerprint density at radius 2 is 2.10 bits per heavy atom. The van der Waals surface area contributed by atoms with Crippen LogP contribution in [0.3, 0.4) is 0 Å². The van der Waals surface area contributed by atoms with E-state index < -0.39 is 0 Å². The summed E-state index contributed by atoms with van der Waals surface area (Å²) in [4.78, 5) is 14.2. The number of amides is 1. The molecule has 1 heterocycles. The fourth-order valence-electron chi connectivity index (χ4n) is 2.03. The Balaban J connectivity index is 2.25. The highest BCUT2D eigenvalue weighted by atomic mass is 79.9. The largest absolute Gasteiger partial charge is 0.469 e. The predicted octanol–water partition coefficient (Wildman–Crippen LogP) is 3.51. The van der Waals surface area contributed by atoms with Crippen molar-refractivity contribution in [3.8, 4) is 0 Å². The molecule has 0 aliphatic heterocycles. The maximum Gasteiger partial charge on any atom is 0.254 e. The Labute approximate surface area is 126 Å². The summed E-state index contributed by atoms with van der Waals surface area (Å²) in [6.07, 6.45) is 1.63. The van der Waals surface area contributed by atoms with Crippen molar-refractivity contribution in [1.29, 1.82) is 0 Å². The number of carbonyl (C=O) groups excluding carboxylic acids is 1. The standard InChI is InChI=1S/C15H17BrN2O2/c1-9-13(6-12(16)7-14(9)17)15(19)18(3)8-11-4-5-20-10(11)2/h4-7H,8,17H2,1-3H3. The summed E-state index contributed by atoms with van der Waals surface area (Å²) >= 11 is 3.37. The highest BCUT2D eigenvalue weighted by molar-refractivity contribution is 9.10. The Morgan fingerprint density at radius 1 is 1.40 bits per heavy atom. The molecule has 0 spiro atoms. The van der Waals surface area contributed by atoms with Crippen molar-refractivity contribution in [2.75, 3.05) is 12.8 Å². The molecule has 1 aromatic carbocycles. The normalized spacial score (nSPS) is 10.6. The highest BCUT2D eigenvalue weighted by Gasteiger charge is 2.17. The third-order valence-electron chi connectivity index (χ3n) is 3.36. The van der Waals surface area contributed by atoms with E-state index in [4.69, 9.17) is 10.2 Å². The van der Waals surface area contributed by atoms with Gasteiger partial charge in [0.2, 0.25) is 0 Å². The van der Waals surface area contributed by atoms with Gasteiger partial charge in [0.25, 0.3) is 5.91 Å². The molecule has 0 saturated carbocycles. The summed E-state index contributed by atoms with van der Waals surface area (Å²) in [5.41, 5.74) is 8.92. The van der Waals surface area contributed by atoms with Crippen molar-refractivity contribution in [3.63, 3.8) is 0 Å². The van der Waals surface area contributed by atoms with E-state index in [9.17, 15) is 4.79 Å². The van der Waals surface area contributed by atoms with Gasteiger partial charge in [0.15, 0.2) is 0 Å². The first-order chi connectivity index (χ1) is 9.40. The molecule has 0 radical (unpaired) electrons. The second-order valence-electron chi connectivity index (χ2n) is 4.83. The Kier molecular flexibility index (Phi) is 4.18. The van der Waals surface area contributed by atoms with Crippen molar-refractivity contribution in [2.24, 2.45) is 0 Å². The van der Waals surface area contributed by atoms with Gasteiger partial charge in [-0.05, 0) is 37.6 Å². The molecule has 20 heavy (non-hydrogen) atoms. The minimum Gasteiger partial charge on any atom is -0.469 e. The predicted molar refractivity (Wildman–Crippen MR) is 82.5 cm³/mol. The molecule has 0 fully saturated rings. The zero-order chi connectivity index (χ0) is 14.9. The van der Waals surface area contributed by atoms with Crippen LogP contribution in [0.5, 0.6) is 0 Å². The summed E-state index contributed by atoms with van der Waals surface area (Å²) < 4.78 is 6.05. The van der Waals surface area contributed by atoms with Gasteiger partial charge in [-0.3, -0.25) is 4.79 Å². The van der Waals surface area contributed by atoms with Gasteiger partial charge >= 0.3 is 0 Å². The second kappa shape index (κ2) is 5.71. The van der Waals surface area contributed by atoms with Crippen LogP contribution in [0.2, 0.25) is 0 Å². The van der Waals surface area contributed by atoms with E-state index in [0.29, 0.717) is 17.8 Å². The zero-order valence-corrected chi connectivity index (χ0v) is 13.3. The maximum absolute atomic E-state index is 12.5. The number of benzene rings is 1. The molecule has 2 rings (SSSR count). The van der Waals surface area contributed by atoms with E-state index in [1.165, 1.54) is 0 Å². The number of furan rings is 1. The fraction of sp³-hybridized carbons (Fsp3) is 0.267. The van der Waals surface area contributed by atoms with E-state index in [-0.39, 0.29) is 5.91 Å². The molecular weight excluding hydrogens is 320 g/mol. The van der Waals surface area contributed by atoms with Crippen LogP contribution in [-0.4, -0.2) is 17.9 Å². The number of nitrogens with zero attached hydrogens (tertiary/aromatic N) is 1. The second-order valence-corrected chi connectivity index (χ2v) is 5.75. The summed E-state index contributed by atoms with van der Waals surface area (Å²) in [7, 11) is 1.77. The van der Waals surface area contributed by atoms with E-state index in [0.717, 1.165) is 21.4 Å². The van der Waals surface area contributed by atoms with Crippen molar-refractivity contribution in [1.82, 2.24) is 4.90 Å². The molecule has 5 heteroatoms. The summed E-state index contributed by atoms with van der Waals surface area (Å²) in [6, 6.07) is 5.47. The first-order valence-electron chi connectivity index (χ1n) is 6.24. The number of hydrogen-bond acceptors (Lipinski definition) is 3. The SMILES string of the molecule is Cc1occc1CN(C)C(=O)c1cc(Br)cc(N)c1C. The maximum atomic E-state index is 12.5. The smallest absolute Gasteiger partial charge is 0.254 e. The average Bonchev–Trinajstić information content (AvgIpc) is 2.78. The molecule has 2 aromatic rings. The molecule has 0 bridgehead atoms. The average molecular weight is 337 g/mol. The number of nitrogens with two attached hydrogens (primary N) is 1. The van der Waals surface area contributed by atoms with Gasteiger partial charge in [-0.1, -0.05) is 15.9 Å². The van der Waals surface area contributed by atoms with Crippen molar-refractivity contribution >= 4 is 27.5 Å². The first kappa shape index (κ1) is 14.7. The van der Waals surface area contributed by atoms with Gasteiger partial charge in [-0.15, -0.1) is 0 Å². The van der Waals surface area contributed by atoms with E-state index in [1.807, 2.05) is 19.9 Å². The monoisotopic (exact) mass is 336 g/mol. The van der Waals surface area contributed by atoms with Gasteiger partial charge in [0.05, 0.1) is 6.26 Å². The van der Waals surface area contributed by atoms with Crippen molar-refractivity contribution in [3.05, 3.63) is 51.4 Å². The first-order valence-corrected chi connectivity index (χ1v) is 7.03. The highest BCUT2D eigenvalue weighted by Crippen LogP contribution is 2.24. The fourth-order valence-corrected chi connectivity index (χ4v) is 2.51. The quantitative estimate of drug-likeness (QED) is 0.872. The molecule has 2 N–H and O–H groups in total. The number of nitrogen functional groups attached to an aromatic ring is 1. The number of halogens is 1. The lowest BCUT2D eigenvalue weighted by Crippen LogP contribution is -2.27. The minimum atomic E-state index is -0.0592. The minimum absolute atomic E-state index is 0.0592. The van der Waals surface area contributed by atoms with E-state index in [2.05, 4.69) is 15.9 Å². The number of carbonyl (C=O) groups is 1. The number of aryl methyl sites for hydroxylation is 1. The number of rotatable bonds is 3. The van der Waals surface area contributed by atoms with Crippen LogP contribution in [0.1, 0.15) is 27.2 Å². The van der Waals surface area contributed by atoms with Crippen LogP contribution in [0.4, 0.5) is 5.69 Å². The van der Waals surface area contributed by atoms with Gasteiger partial charge in [0.1, 0.15) is 5.76 Å². The molecular formula is C15H17BrN2O2.